The lowest BCUT2D eigenvalue weighted by Gasteiger charge is -2.42. The Kier molecular flexibility index (Phi) is 6.39. The first-order valence-electron chi connectivity index (χ1n) is 11.4. The van der Waals surface area contributed by atoms with E-state index in [1.807, 2.05) is 24.3 Å². The van der Waals surface area contributed by atoms with Crippen molar-refractivity contribution in [3.05, 3.63) is 64.7 Å². The van der Waals surface area contributed by atoms with Crippen LogP contribution >= 0.6 is 11.8 Å². The van der Waals surface area contributed by atoms with E-state index >= 15 is 0 Å². The number of nitrogens with zero attached hydrogens (tertiary/aromatic N) is 1. The molecule has 170 valence electrons. The van der Waals surface area contributed by atoms with Crippen molar-refractivity contribution in [2.45, 2.75) is 70.3 Å². The third-order valence-electron chi connectivity index (χ3n) is 6.89. The lowest BCUT2D eigenvalue weighted by molar-refractivity contribution is -0.137. The fourth-order valence-corrected chi connectivity index (χ4v) is 5.77. The average Bonchev–Trinajstić information content (AvgIpc) is 3.29. The van der Waals surface area contributed by atoms with Crippen molar-refractivity contribution < 1.29 is 14.6 Å². The summed E-state index contributed by atoms with van der Waals surface area (Å²) in [5.41, 5.74) is 5.46. The van der Waals surface area contributed by atoms with Crippen LogP contribution in [-0.2, 0) is 22.2 Å². The minimum absolute atomic E-state index is 0.0628. The van der Waals surface area contributed by atoms with Gasteiger partial charge in [-0.05, 0) is 58.1 Å². The van der Waals surface area contributed by atoms with Crippen molar-refractivity contribution in [1.82, 2.24) is 0 Å². The Bertz CT molecular complexity index is 1020. The first kappa shape index (κ1) is 22.9. The van der Waals surface area contributed by atoms with Gasteiger partial charge in [-0.25, -0.2) is 0 Å². The second kappa shape index (κ2) is 8.93. The summed E-state index contributed by atoms with van der Waals surface area (Å²) in [6, 6.07) is 14.6. The number of fused-ring (bicyclic) bond motifs is 1. The van der Waals surface area contributed by atoms with Crippen molar-refractivity contribution in [1.29, 1.82) is 0 Å². The van der Waals surface area contributed by atoms with E-state index in [2.05, 4.69) is 50.9 Å². The number of benzene rings is 2. The van der Waals surface area contributed by atoms with Gasteiger partial charge in [0.1, 0.15) is 12.4 Å². The Morgan fingerprint density at radius 3 is 2.38 bits per heavy atom. The predicted molar refractivity (Wildman–Crippen MR) is 132 cm³/mol. The Morgan fingerprint density at radius 1 is 1.06 bits per heavy atom. The van der Waals surface area contributed by atoms with Gasteiger partial charge in [-0.2, -0.15) is 0 Å². The lowest BCUT2D eigenvalue weighted by Crippen LogP contribution is -2.33. The fourth-order valence-electron chi connectivity index (χ4n) is 4.77. The molecule has 1 aliphatic carbocycles. The Balaban J connectivity index is 1.47. The van der Waals surface area contributed by atoms with Gasteiger partial charge in [-0.3, -0.25) is 9.79 Å². The largest absolute Gasteiger partial charge is 0.489 e. The highest BCUT2D eigenvalue weighted by Crippen LogP contribution is 2.46. The molecule has 0 unspecified atom stereocenters. The summed E-state index contributed by atoms with van der Waals surface area (Å²) < 4.78 is 6.09. The number of rotatable bonds is 7. The van der Waals surface area contributed by atoms with Crippen LogP contribution < -0.4 is 4.74 Å². The van der Waals surface area contributed by atoms with E-state index in [-0.39, 0.29) is 23.2 Å². The van der Waals surface area contributed by atoms with E-state index in [1.165, 1.54) is 29.5 Å². The van der Waals surface area contributed by atoms with Crippen LogP contribution in [0.25, 0.3) is 0 Å². The number of ether oxygens (including phenoxy) is 1. The summed E-state index contributed by atoms with van der Waals surface area (Å²) in [5, 5.41) is 10.3. The number of thioether (sulfide) groups is 1. The number of hydrogen-bond donors (Lipinski definition) is 1. The van der Waals surface area contributed by atoms with Gasteiger partial charge in [0, 0.05) is 18.2 Å². The molecule has 1 heterocycles. The molecule has 0 radical (unpaired) electrons. The van der Waals surface area contributed by atoms with Gasteiger partial charge in [0.2, 0.25) is 0 Å². The van der Waals surface area contributed by atoms with E-state index < -0.39 is 5.97 Å². The maximum Gasteiger partial charge on any atom is 0.304 e. The molecule has 2 aromatic carbocycles. The summed E-state index contributed by atoms with van der Waals surface area (Å²) in [6.07, 6.45) is 2.47. The van der Waals surface area contributed by atoms with Gasteiger partial charge < -0.3 is 9.84 Å². The maximum absolute atomic E-state index is 11.4. The quantitative estimate of drug-likeness (QED) is 0.535. The average molecular weight is 452 g/mol. The van der Waals surface area contributed by atoms with Gasteiger partial charge in [0.25, 0.3) is 0 Å². The Hall–Kier alpha value is -2.27. The molecular weight excluding hydrogens is 418 g/mol. The van der Waals surface area contributed by atoms with E-state index in [4.69, 9.17) is 4.74 Å². The molecule has 1 N–H and O–H groups in total. The molecule has 2 aromatic rings. The van der Waals surface area contributed by atoms with E-state index in [0.717, 1.165) is 28.7 Å². The number of carboxylic acids is 1. The first-order chi connectivity index (χ1) is 15.2. The summed E-state index contributed by atoms with van der Waals surface area (Å²) in [7, 11) is 0. The third-order valence-corrected chi connectivity index (χ3v) is 7.99. The standard InChI is InChI=1S/C27H33NO3S/c1-26(2)11-12-27(3,4)23-15-18(5-10-22(23)26)17-31-20-8-6-19(7-9-20)21(16-24(29)30)25-28-13-14-32-25/h5-10,15,21H,11-14,16-17H2,1-4H3,(H,29,30)/t21-/m1/s1. The monoisotopic (exact) mass is 451 g/mol. The molecule has 0 amide bonds. The van der Waals surface area contributed by atoms with Crippen LogP contribution in [0.1, 0.15) is 75.1 Å². The van der Waals surface area contributed by atoms with Gasteiger partial charge in [0.15, 0.2) is 0 Å². The van der Waals surface area contributed by atoms with Gasteiger partial charge in [-0.1, -0.05) is 58.0 Å². The van der Waals surface area contributed by atoms with Crippen LogP contribution in [-0.4, -0.2) is 28.4 Å². The van der Waals surface area contributed by atoms with Gasteiger partial charge in [0.05, 0.1) is 11.5 Å². The predicted octanol–water partition coefficient (Wildman–Crippen LogP) is 6.32. The van der Waals surface area contributed by atoms with Crippen molar-refractivity contribution >= 4 is 22.8 Å². The molecular formula is C27H33NO3S. The molecule has 0 bridgehead atoms. The second-order valence-corrected chi connectivity index (χ2v) is 11.3. The molecule has 0 saturated heterocycles. The summed E-state index contributed by atoms with van der Waals surface area (Å²) in [4.78, 5) is 15.9. The van der Waals surface area contributed by atoms with Crippen LogP contribution in [0.15, 0.2) is 47.5 Å². The SMILES string of the molecule is CC1(C)CCC(C)(C)c2cc(COc3ccc([C@@H](CC(=O)O)C4=NCCS4)cc3)ccc21. The zero-order chi connectivity index (χ0) is 22.9. The molecule has 1 atom stereocenters. The second-order valence-electron chi connectivity index (χ2n) is 10.2. The number of carboxylic acid groups (broad SMARTS) is 1. The van der Waals surface area contributed by atoms with Crippen molar-refractivity contribution in [2.75, 3.05) is 12.3 Å². The summed E-state index contributed by atoms with van der Waals surface area (Å²) in [6.45, 7) is 10.6. The summed E-state index contributed by atoms with van der Waals surface area (Å²) >= 11 is 1.67. The third kappa shape index (κ3) is 4.88. The minimum Gasteiger partial charge on any atom is -0.489 e. The molecule has 0 aromatic heterocycles. The highest BCUT2D eigenvalue weighted by Gasteiger charge is 2.36. The highest BCUT2D eigenvalue weighted by atomic mass is 32.2. The smallest absolute Gasteiger partial charge is 0.304 e. The fraction of sp³-hybridized carbons (Fsp3) is 0.481. The van der Waals surface area contributed by atoms with Gasteiger partial charge >= 0.3 is 5.97 Å². The molecule has 0 fully saturated rings. The maximum atomic E-state index is 11.4. The van der Waals surface area contributed by atoms with Crippen LogP contribution in [0.4, 0.5) is 0 Å². The van der Waals surface area contributed by atoms with Crippen molar-refractivity contribution in [3.63, 3.8) is 0 Å². The Morgan fingerprint density at radius 2 is 1.75 bits per heavy atom. The molecule has 5 heteroatoms. The van der Waals surface area contributed by atoms with E-state index in [0.29, 0.717) is 6.61 Å². The molecule has 0 spiro atoms. The normalized spacial score (nSPS) is 19.7. The molecule has 1 aliphatic heterocycles. The van der Waals surface area contributed by atoms with Crippen LogP contribution in [0.5, 0.6) is 5.75 Å². The Labute approximate surface area is 195 Å². The molecule has 2 aliphatic rings. The molecule has 4 nitrogen and oxygen atoms in total. The minimum atomic E-state index is -0.802. The number of carbonyl (C=O) groups is 1. The number of aliphatic carboxylic acids is 1. The van der Waals surface area contributed by atoms with Crippen LogP contribution in [0, 0.1) is 0 Å². The molecule has 4 rings (SSSR count). The topological polar surface area (TPSA) is 58.9 Å². The van der Waals surface area contributed by atoms with E-state index in [9.17, 15) is 9.90 Å². The molecule has 0 saturated carbocycles. The van der Waals surface area contributed by atoms with Crippen molar-refractivity contribution in [2.24, 2.45) is 4.99 Å². The first-order valence-corrected chi connectivity index (χ1v) is 12.4. The summed E-state index contributed by atoms with van der Waals surface area (Å²) in [5.74, 6) is 0.743. The highest BCUT2D eigenvalue weighted by molar-refractivity contribution is 8.14. The number of aliphatic imine (C=N–C) groups is 1. The van der Waals surface area contributed by atoms with E-state index in [1.54, 1.807) is 11.8 Å². The zero-order valence-electron chi connectivity index (χ0n) is 19.5. The molecule has 32 heavy (non-hydrogen) atoms. The van der Waals surface area contributed by atoms with Crippen LogP contribution in [0.3, 0.4) is 0 Å². The van der Waals surface area contributed by atoms with Gasteiger partial charge in [-0.15, -0.1) is 11.8 Å². The lowest BCUT2D eigenvalue weighted by atomic mass is 9.63. The zero-order valence-corrected chi connectivity index (χ0v) is 20.3. The van der Waals surface area contributed by atoms with Crippen LogP contribution in [0.2, 0.25) is 0 Å². The van der Waals surface area contributed by atoms with Crippen molar-refractivity contribution in [3.8, 4) is 5.75 Å². The number of hydrogen-bond acceptors (Lipinski definition) is 4.